The molecule has 3 nitrogen and oxygen atoms in total. The van der Waals surface area contributed by atoms with Crippen molar-refractivity contribution in [2.45, 2.75) is 20.8 Å². The molecule has 0 saturated carbocycles. The minimum absolute atomic E-state index is 0.750. The number of hydrogen-bond acceptors (Lipinski definition) is 3. The molecule has 0 heterocycles. The van der Waals surface area contributed by atoms with Crippen LogP contribution in [0.5, 0.6) is 17.2 Å². The van der Waals surface area contributed by atoms with Crippen LogP contribution in [0.2, 0.25) is 0 Å². The Labute approximate surface area is 184 Å². The minimum atomic E-state index is -3.49. The Morgan fingerprint density at radius 3 is 1.10 bits per heavy atom. The number of hydrogen-bond donors (Lipinski definition) is 0. The van der Waals surface area contributed by atoms with Gasteiger partial charge in [-0.25, -0.2) is 0 Å². The molecule has 0 aliphatic rings. The van der Waals surface area contributed by atoms with E-state index in [9.17, 15) is 0 Å². The second-order valence-electron chi connectivity index (χ2n) is 7.52. The predicted octanol–water partition coefficient (Wildman–Crippen LogP) is 6.97. The van der Waals surface area contributed by atoms with E-state index in [4.69, 9.17) is 13.6 Å². The summed E-state index contributed by atoms with van der Waals surface area (Å²) in [4.78, 5) is 0. The molecule has 0 aromatic heterocycles. The van der Waals surface area contributed by atoms with E-state index in [0.717, 1.165) is 39.2 Å². The molecule has 31 heavy (non-hydrogen) atoms. The van der Waals surface area contributed by atoms with Crippen molar-refractivity contribution in [1.82, 2.24) is 0 Å². The first-order chi connectivity index (χ1) is 15.1. The molecule has 0 atom stereocenters. The van der Waals surface area contributed by atoms with Gasteiger partial charge in [-0.1, -0.05) is 0 Å². The van der Waals surface area contributed by atoms with Gasteiger partial charge in [-0.15, -0.1) is 0 Å². The molecule has 158 valence electrons. The molecule has 0 aliphatic carbocycles. The molecule has 0 unspecified atom stereocenters. The molecular weight excluding hydrogens is 403 g/mol. The summed E-state index contributed by atoms with van der Waals surface area (Å²) in [5.41, 5.74) is 3.08. The van der Waals surface area contributed by atoms with Crippen molar-refractivity contribution in [3.05, 3.63) is 120 Å². The maximum absolute atomic E-state index is 6.73. The summed E-state index contributed by atoms with van der Waals surface area (Å²) in [5.74, 6) is 2.25. The molecule has 0 N–H and O–H groups in total. The van der Waals surface area contributed by atoms with Gasteiger partial charge in [-0.2, -0.15) is 0 Å². The van der Waals surface area contributed by atoms with Crippen LogP contribution in [0.3, 0.4) is 0 Å². The van der Waals surface area contributed by atoms with Gasteiger partial charge in [-0.3, -0.25) is 0 Å². The number of para-hydroxylation sites is 3. The van der Waals surface area contributed by atoms with Gasteiger partial charge in [0.05, 0.1) is 0 Å². The predicted molar refractivity (Wildman–Crippen MR) is 130 cm³/mol. The van der Waals surface area contributed by atoms with Crippen molar-refractivity contribution in [2.75, 3.05) is 0 Å². The molecule has 0 bridgehead atoms. The van der Waals surface area contributed by atoms with E-state index < -0.39 is 7.94 Å². The van der Waals surface area contributed by atoms with Crippen LogP contribution in [0, 0.1) is 20.8 Å². The van der Waals surface area contributed by atoms with Crippen molar-refractivity contribution in [3.63, 3.8) is 0 Å². The summed E-state index contributed by atoms with van der Waals surface area (Å²) in [5, 5.41) is 0.893. The van der Waals surface area contributed by atoms with Crippen molar-refractivity contribution < 1.29 is 13.6 Å². The second-order valence-corrected chi connectivity index (χ2v) is 9.83. The van der Waals surface area contributed by atoms with E-state index in [1.54, 1.807) is 0 Å². The summed E-state index contributed by atoms with van der Waals surface area (Å²) >= 11 is 0. The molecule has 0 fully saturated rings. The molecule has 0 saturated heterocycles. The van der Waals surface area contributed by atoms with E-state index in [1.165, 1.54) is 0 Å². The summed E-state index contributed by atoms with van der Waals surface area (Å²) < 4.78 is 20.2. The maximum atomic E-state index is 6.73. The Balaban J connectivity index is 1.89. The Hall–Kier alpha value is -3.29. The van der Waals surface area contributed by atoms with E-state index in [0.29, 0.717) is 0 Å². The topological polar surface area (TPSA) is 27.7 Å². The van der Waals surface area contributed by atoms with E-state index in [-0.39, 0.29) is 0 Å². The van der Waals surface area contributed by atoms with Crippen LogP contribution in [0.4, 0.5) is 0 Å². The van der Waals surface area contributed by atoms with Crippen molar-refractivity contribution in [2.24, 2.45) is 0 Å². The van der Waals surface area contributed by atoms with Gasteiger partial charge in [0.15, 0.2) is 0 Å². The first-order valence-corrected chi connectivity index (χ1v) is 12.1. The van der Waals surface area contributed by atoms with Crippen LogP contribution in [0.15, 0.2) is 103 Å². The van der Waals surface area contributed by atoms with Crippen LogP contribution in [0.1, 0.15) is 16.7 Å². The molecule has 0 aliphatic heterocycles. The van der Waals surface area contributed by atoms with Gasteiger partial charge in [0.25, 0.3) is 0 Å². The second kappa shape index (κ2) is 9.24. The van der Waals surface area contributed by atoms with Crippen LogP contribution < -0.4 is 18.9 Å². The first kappa shape index (κ1) is 21.0. The van der Waals surface area contributed by atoms with E-state index in [1.807, 2.05) is 124 Å². The molecule has 4 heteroatoms. The number of aryl methyl sites for hydroxylation is 3. The Bertz CT molecular complexity index is 1040. The zero-order chi connectivity index (χ0) is 21.7. The van der Waals surface area contributed by atoms with Gasteiger partial charge < -0.3 is 0 Å². The summed E-state index contributed by atoms with van der Waals surface area (Å²) in [6.07, 6.45) is 0. The van der Waals surface area contributed by atoms with Crippen LogP contribution >= 0.6 is 7.94 Å². The monoisotopic (exact) mass is 430 g/mol. The molecule has 0 radical (unpaired) electrons. The van der Waals surface area contributed by atoms with Crippen molar-refractivity contribution in [3.8, 4) is 17.2 Å². The third-order valence-electron chi connectivity index (χ3n) is 5.14. The summed E-state index contributed by atoms with van der Waals surface area (Å²) in [6, 6.07) is 33.9. The SMILES string of the molecule is Cc1ccccc1O[PH](Oc1ccccc1C)(Oc1ccccc1C)c1ccccc1. The van der Waals surface area contributed by atoms with Crippen LogP contribution in [-0.4, -0.2) is 0 Å². The van der Waals surface area contributed by atoms with Crippen LogP contribution in [-0.2, 0) is 0 Å². The van der Waals surface area contributed by atoms with Gasteiger partial charge in [0.1, 0.15) is 0 Å². The van der Waals surface area contributed by atoms with Crippen LogP contribution in [0.25, 0.3) is 0 Å². The Kier molecular flexibility index (Phi) is 6.25. The molecule has 0 amide bonds. The Morgan fingerprint density at radius 2 is 0.742 bits per heavy atom. The summed E-state index contributed by atoms with van der Waals surface area (Å²) in [6.45, 7) is 6.09. The van der Waals surface area contributed by atoms with Crippen molar-refractivity contribution in [1.29, 1.82) is 0 Å². The van der Waals surface area contributed by atoms with Gasteiger partial charge >= 0.3 is 185 Å². The fraction of sp³-hybridized carbons (Fsp3) is 0.111. The Morgan fingerprint density at radius 1 is 0.419 bits per heavy atom. The molecule has 0 spiro atoms. The first-order valence-electron chi connectivity index (χ1n) is 10.4. The fourth-order valence-corrected chi connectivity index (χ4v) is 5.96. The molecular formula is C27H27O3P. The molecule has 4 aromatic rings. The van der Waals surface area contributed by atoms with E-state index in [2.05, 4.69) is 0 Å². The number of benzene rings is 4. The zero-order valence-corrected chi connectivity index (χ0v) is 19.0. The zero-order valence-electron chi connectivity index (χ0n) is 18.0. The van der Waals surface area contributed by atoms with Gasteiger partial charge in [0.2, 0.25) is 0 Å². The average Bonchev–Trinajstić information content (AvgIpc) is 2.79. The average molecular weight is 430 g/mol. The quantitative estimate of drug-likeness (QED) is 0.296. The summed E-state index contributed by atoms with van der Waals surface area (Å²) in [7, 11) is -3.49. The normalized spacial score (nSPS) is 11.6. The number of rotatable bonds is 7. The molecule has 4 rings (SSSR count). The third-order valence-corrected chi connectivity index (χ3v) is 7.65. The standard InChI is InChI=1S/C27H27O3P/c1-21-13-7-10-18-25(21)28-31(24-16-5-4-6-17-24,29-26-19-11-8-14-22(26)2)30-27-20-12-9-15-23(27)3/h4-20,31H,1-3H3. The fourth-order valence-electron chi connectivity index (χ4n) is 3.33. The van der Waals surface area contributed by atoms with E-state index >= 15 is 0 Å². The van der Waals surface area contributed by atoms with Gasteiger partial charge in [0, 0.05) is 0 Å². The van der Waals surface area contributed by atoms with Gasteiger partial charge in [-0.05, 0) is 0 Å². The third kappa shape index (κ3) is 4.73. The van der Waals surface area contributed by atoms with Crippen molar-refractivity contribution >= 4 is 13.2 Å². The molecule has 4 aromatic carbocycles.